The van der Waals surface area contributed by atoms with E-state index < -0.39 is 0 Å². The third-order valence-electron chi connectivity index (χ3n) is 4.68. The zero-order chi connectivity index (χ0) is 16.2. The first kappa shape index (κ1) is 15.7. The maximum atomic E-state index is 6.39. The molecule has 0 amide bonds. The minimum atomic E-state index is 0.934. The molecule has 3 aliphatic carbocycles. The number of hydrogen-bond acceptors (Lipinski definition) is 2. The second-order valence-electron chi connectivity index (χ2n) is 6.47. The maximum Gasteiger partial charge on any atom is 0.0645 e. The molecule has 0 fully saturated rings. The van der Waals surface area contributed by atoms with Gasteiger partial charge in [-0.2, -0.15) is 0 Å². The van der Waals surface area contributed by atoms with Crippen LogP contribution in [-0.2, 0) is 0 Å². The summed E-state index contributed by atoms with van der Waals surface area (Å²) in [5.74, 6) is 0. The molecule has 0 radical (unpaired) electrons. The van der Waals surface area contributed by atoms with Crippen molar-refractivity contribution in [3.05, 3.63) is 83.0 Å². The Hall–Kier alpha value is -2.22. The van der Waals surface area contributed by atoms with Crippen molar-refractivity contribution in [3.63, 3.8) is 0 Å². The average Bonchev–Trinajstić information content (AvgIpc) is 2.60. The van der Waals surface area contributed by atoms with Crippen LogP contribution in [0.25, 0.3) is 0 Å². The molecule has 0 aliphatic heterocycles. The molecule has 3 rings (SSSR count). The van der Waals surface area contributed by atoms with E-state index in [0.29, 0.717) is 0 Å². The quantitative estimate of drug-likeness (QED) is 0.771. The molecule has 0 heterocycles. The molecular weight excluding hydrogens is 280 g/mol. The van der Waals surface area contributed by atoms with Crippen molar-refractivity contribution in [3.8, 4) is 0 Å². The lowest BCUT2D eigenvalue weighted by molar-refractivity contribution is 0.505. The first-order valence-corrected chi connectivity index (χ1v) is 8.53. The van der Waals surface area contributed by atoms with Crippen LogP contribution >= 0.6 is 0 Å². The number of nitrogens with zero attached hydrogens (tertiary/aromatic N) is 1. The maximum absolute atomic E-state index is 6.39. The van der Waals surface area contributed by atoms with Gasteiger partial charge in [-0.25, -0.2) is 0 Å². The average molecular weight is 306 g/mol. The molecular formula is C21H26N2. The molecule has 0 atom stereocenters. The Morgan fingerprint density at radius 3 is 2.43 bits per heavy atom. The van der Waals surface area contributed by atoms with Crippen molar-refractivity contribution in [2.75, 3.05) is 0 Å². The molecule has 0 spiro atoms. The normalized spacial score (nSPS) is 20.8. The smallest absolute Gasteiger partial charge is 0.0645 e. The van der Waals surface area contributed by atoms with Crippen LogP contribution < -0.4 is 5.73 Å². The lowest BCUT2D eigenvalue weighted by Crippen LogP contribution is -2.27. The summed E-state index contributed by atoms with van der Waals surface area (Å²) in [6.07, 6.45) is 21.6. The van der Waals surface area contributed by atoms with Crippen LogP contribution in [0.1, 0.15) is 45.4 Å². The highest BCUT2D eigenvalue weighted by molar-refractivity contribution is 5.44. The molecule has 0 unspecified atom stereocenters. The van der Waals surface area contributed by atoms with Crippen LogP contribution in [0.3, 0.4) is 0 Å². The zero-order valence-corrected chi connectivity index (χ0v) is 14.0. The predicted octanol–water partition coefficient (Wildman–Crippen LogP) is 5.22. The van der Waals surface area contributed by atoms with E-state index in [1.54, 1.807) is 0 Å². The highest BCUT2D eigenvalue weighted by Crippen LogP contribution is 2.35. The van der Waals surface area contributed by atoms with E-state index in [2.05, 4.69) is 60.9 Å². The SMILES string of the molecule is C=C(C1=CC=CCC1)N(C1=CC=CCC1)C1=C(N)CCC(C)=C1. The minimum Gasteiger partial charge on any atom is -0.400 e. The van der Waals surface area contributed by atoms with Gasteiger partial charge in [-0.3, -0.25) is 0 Å². The summed E-state index contributed by atoms with van der Waals surface area (Å²) in [6, 6.07) is 0. The number of hydrogen-bond donors (Lipinski definition) is 1. The van der Waals surface area contributed by atoms with Gasteiger partial charge in [0.25, 0.3) is 0 Å². The van der Waals surface area contributed by atoms with E-state index in [-0.39, 0.29) is 0 Å². The monoisotopic (exact) mass is 306 g/mol. The first-order valence-electron chi connectivity index (χ1n) is 8.53. The van der Waals surface area contributed by atoms with Gasteiger partial charge in [0, 0.05) is 17.1 Å². The third-order valence-corrected chi connectivity index (χ3v) is 4.68. The lowest BCUT2D eigenvalue weighted by atomic mass is 9.96. The van der Waals surface area contributed by atoms with Gasteiger partial charge in [-0.15, -0.1) is 0 Å². The Balaban J connectivity index is 2.02. The van der Waals surface area contributed by atoms with Gasteiger partial charge >= 0.3 is 0 Å². The van der Waals surface area contributed by atoms with Gasteiger partial charge in [0.2, 0.25) is 0 Å². The molecule has 0 saturated heterocycles. The van der Waals surface area contributed by atoms with Crippen molar-refractivity contribution in [2.45, 2.75) is 45.4 Å². The fraction of sp³-hybridized carbons (Fsp3) is 0.333. The van der Waals surface area contributed by atoms with Crippen molar-refractivity contribution in [1.29, 1.82) is 0 Å². The molecule has 0 aromatic heterocycles. The second kappa shape index (κ2) is 6.91. The standard InChI is InChI=1S/C21H26N2/c1-16-13-14-20(22)21(15-16)23(19-11-7-4-8-12-19)17(2)18-9-5-3-6-10-18/h3-5,7,9,11,15H,2,6,8,10,12-14,22H2,1H3. The molecule has 2 heteroatoms. The van der Waals surface area contributed by atoms with Crippen molar-refractivity contribution in [2.24, 2.45) is 5.73 Å². The Morgan fingerprint density at radius 1 is 1.04 bits per heavy atom. The predicted molar refractivity (Wildman–Crippen MR) is 98.1 cm³/mol. The van der Waals surface area contributed by atoms with Crippen LogP contribution in [-0.4, -0.2) is 4.90 Å². The van der Waals surface area contributed by atoms with Gasteiger partial charge in [0.1, 0.15) is 0 Å². The molecule has 23 heavy (non-hydrogen) atoms. The Morgan fingerprint density at radius 2 is 1.78 bits per heavy atom. The van der Waals surface area contributed by atoms with Crippen LogP contribution in [0.2, 0.25) is 0 Å². The largest absolute Gasteiger partial charge is 0.400 e. The van der Waals surface area contributed by atoms with E-state index >= 15 is 0 Å². The van der Waals surface area contributed by atoms with Gasteiger partial charge in [-0.05, 0) is 63.2 Å². The fourth-order valence-corrected chi connectivity index (χ4v) is 3.30. The second-order valence-corrected chi connectivity index (χ2v) is 6.47. The van der Waals surface area contributed by atoms with Crippen LogP contribution in [0.4, 0.5) is 0 Å². The number of rotatable bonds is 4. The lowest BCUT2D eigenvalue weighted by Gasteiger charge is -2.35. The number of nitrogens with two attached hydrogens (primary N) is 1. The molecule has 0 aromatic rings. The van der Waals surface area contributed by atoms with Crippen LogP contribution in [0.5, 0.6) is 0 Å². The van der Waals surface area contributed by atoms with E-state index in [1.807, 2.05) is 0 Å². The summed E-state index contributed by atoms with van der Waals surface area (Å²) in [5, 5.41) is 0. The van der Waals surface area contributed by atoms with Gasteiger partial charge in [0.05, 0.1) is 5.70 Å². The summed E-state index contributed by atoms with van der Waals surface area (Å²) < 4.78 is 0. The van der Waals surface area contributed by atoms with E-state index in [1.165, 1.54) is 16.8 Å². The molecule has 3 aliphatic rings. The molecule has 120 valence electrons. The van der Waals surface area contributed by atoms with Crippen LogP contribution in [0, 0.1) is 0 Å². The summed E-state index contributed by atoms with van der Waals surface area (Å²) in [5.41, 5.74) is 13.5. The molecule has 2 nitrogen and oxygen atoms in total. The molecule has 2 N–H and O–H groups in total. The Bertz CT molecular complexity index is 681. The summed E-state index contributed by atoms with van der Waals surface area (Å²) in [4.78, 5) is 2.30. The minimum absolute atomic E-state index is 0.934. The third kappa shape index (κ3) is 3.42. The van der Waals surface area contributed by atoms with Crippen LogP contribution in [0.15, 0.2) is 83.0 Å². The van der Waals surface area contributed by atoms with Crippen molar-refractivity contribution in [1.82, 2.24) is 4.90 Å². The summed E-state index contributed by atoms with van der Waals surface area (Å²) in [7, 11) is 0. The highest BCUT2D eigenvalue weighted by atomic mass is 15.2. The van der Waals surface area contributed by atoms with Gasteiger partial charge in [0.15, 0.2) is 0 Å². The van der Waals surface area contributed by atoms with Gasteiger partial charge < -0.3 is 10.6 Å². The van der Waals surface area contributed by atoms with E-state index in [9.17, 15) is 0 Å². The zero-order valence-electron chi connectivity index (χ0n) is 14.0. The Labute approximate surface area is 139 Å². The Kier molecular flexibility index (Phi) is 4.71. The van der Waals surface area contributed by atoms with E-state index in [4.69, 9.17) is 5.73 Å². The molecule has 0 saturated carbocycles. The number of allylic oxidation sites excluding steroid dienone is 11. The summed E-state index contributed by atoms with van der Waals surface area (Å²) in [6.45, 7) is 6.61. The first-order chi connectivity index (χ1) is 11.2. The molecule has 0 bridgehead atoms. The highest BCUT2D eigenvalue weighted by Gasteiger charge is 2.23. The molecule has 0 aromatic carbocycles. The topological polar surface area (TPSA) is 29.3 Å². The van der Waals surface area contributed by atoms with E-state index in [0.717, 1.165) is 55.6 Å². The van der Waals surface area contributed by atoms with Crippen molar-refractivity contribution < 1.29 is 0 Å². The van der Waals surface area contributed by atoms with Crippen molar-refractivity contribution >= 4 is 0 Å². The van der Waals surface area contributed by atoms with Gasteiger partial charge in [-0.1, -0.05) is 42.5 Å². The summed E-state index contributed by atoms with van der Waals surface area (Å²) >= 11 is 0. The fourth-order valence-electron chi connectivity index (χ4n) is 3.30.